The van der Waals surface area contributed by atoms with Crippen LogP contribution in [0.3, 0.4) is 0 Å². The molecule has 1 fully saturated rings. The maximum Gasteiger partial charge on any atom is 0.243 e. The maximum absolute atomic E-state index is 12.6. The van der Waals surface area contributed by atoms with Crippen LogP contribution >= 0.6 is 11.6 Å². The van der Waals surface area contributed by atoms with Crippen LogP contribution in [0.4, 0.5) is 0 Å². The summed E-state index contributed by atoms with van der Waals surface area (Å²) < 4.78 is 26.8. The predicted octanol–water partition coefficient (Wildman–Crippen LogP) is 3.49. The molecule has 2 aromatic rings. The van der Waals surface area contributed by atoms with Crippen LogP contribution in [0, 0.1) is 5.92 Å². The van der Waals surface area contributed by atoms with Crippen LogP contribution in [0.2, 0.25) is 5.02 Å². The van der Waals surface area contributed by atoms with Gasteiger partial charge in [-0.15, -0.1) is 0 Å². The number of halogens is 1. The average molecular weight is 421 g/mol. The van der Waals surface area contributed by atoms with E-state index in [0.717, 1.165) is 17.9 Å². The molecule has 0 bridgehead atoms. The first-order valence-electron chi connectivity index (χ1n) is 9.54. The third-order valence-electron chi connectivity index (χ3n) is 5.06. The lowest BCUT2D eigenvalue weighted by molar-refractivity contribution is -0.126. The first-order valence-corrected chi connectivity index (χ1v) is 11.4. The van der Waals surface area contributed by atoms with E-state index in [0.29, 0.717) is 37.4 Å². The number of hydrogen-bond donors (Lipinski definition) is 1. The molecule has 28 heavy (non-hydrogen) atoms. The molecular weight excluding hydrogens is 396 g/mol. The molecule has 150 valence electrons. The number of hydrogen-bond acceptors (Lipinski definition) is 3. The molecule has 2 aromatic carbocycles. The molecule has 1 saturated heterocycles. The van der Waals surface area contributed by atoms with Gasteiger partial charge in [-0.1, -0.05) is 41.9 Å². The highest BCUT2D eigenvalue weighted by Gasteiger charge is 2.31. The van der Waals surface area contributed by atoms with Gasteiger partial charge in [0, 0.05) is 30.6 Å². The molecule has 0 spiro atoms. The minimum absolute atomic E-state index is 0.0212. The van der Waals surface area contributed by atoms with E-state index in [2.05, 4.69) is 5.32 Å². The number of benzene rings is 2. The molecule has 1 aliphatic heterocycles. The lowest BCUT2D eigenvalue weighted by Crippen LogP contribution is -2.43. The van der Waals surface area contributed by atoms with Gasteiger partial charge in [-0.05, 0) is 55.5 Å². The fourth-order valence-corrected chi connectivity index (χ4v) is 5.02. The van der Waals surface area contributed by atoms with Gasteiger partial charge in [0.05, 0.1) is 4.90 Å². The summed E-state index contributed by atoms with van der Waals surface area (Å²) in [6, 6.07) is 16.2. The van der Waals surface area contributed by atoms with Gasteiger partial charge in [-0.2, -0.15) is 4.31 Å². The molecule has 0 saturated carbocycles. The first-order chi connectivity index (χ1) is 13.5. The van der Waals surface area contributed by atoms with Gasteiger partial charge in [-0.3, -0.25) is 4.79 Å². The highest BCUT2D eigenvalue weighted by molar-refractivity contribution is 7.89. The third kappa shape index (κ3) is 5.34. The molecule has 0 aromatic heterocycles. The highest BCUT2D eigenvalue weighted by atomic mass is 35.5. The Labute approximate surface area is 171 Å². The Morgan fingerprint density at radius 2 is 1.68 bits per heavy atom. The van der Waals surface area contributed by atoms with Crippen LogP contribution in [0.15, 0.2) is 59.5 Å². The van der Waals surface area contributed by atoms with Crippen molar-refractivity contribution in [2.45, 2.75) is 30.6 Å². The molecule has 0 atom stereocenters. The van der Waals surface area contributed by atoms with E-state index in [9.17, 15) is 13.2 Å². The number of aryl methyl sites for hydroxylation is 1. The zero-order valence-electron chi connectivity index (χ0n) is 15.7. The maximum atomic E-state index is 12.6. The highest BCUT2D eigenvalue weighted by Crippen LogP contribution is 2.23. The van der Waals surface area contributed by atoms with Gasteiger partial charge in [0.15, 0.2) is 0 Å². The molecule has 0 aliphatic carbocycles. The number of nitrogens with zero attached hydrogens (tertiary/aromatic N) is 1. The average Bonchev–Trinajstić information content (AvgIpc) is 2.73. The molecule has 1 N–H and O–H groups in total. The summed E-state index contributed by atoms with van der Waals surface area (Å²) >= 11 is 5.88. The number of carbonyl (C=O) groups excluding carboxylic acids is 1. The molecule has 0 radical (unpaired) electrons. The minimum Gasteiger partial charge on any atom is -0.356 e. The Morgan fingerprint density at radius 1 is 1.04 bits per heavy atom. The predicted molar refractivity (Wildman–Crippen MR) is 111 cm³/mol. The lowest BCUT2D eigenvalue weighted by Gasteiger charge is -2.30. The van der Waals surface area contributed by atoms with Crippen molar-refractivity contribution < 1.29 is 13.2 Å². The van der Waals surface area contributed by atoms with E-state index >= 15 is 0 Å². The summed E-state index contributed by atoms with van der Waals surface area (Å²) in [7, 11) is -3.47. The molecule has 7 heteroatoms. The van der Waals surface area contributed by atoms with Gasteiger partial charge in [0.1, 0.15) is 0 Å². The van der Waals surface area contributed by atoms with Crippen LogP contribution in [-0.2, 0) is 21.2 Å². The quantitative estimate of drug-likeness (QED) is 0.697. The van der Waals surface area contributed by atoms with Crippen molar-refractivity contribution in [3.05, 3.63) is 65.2 Å². The molecule has 1 aliphatic rings. The van der Waals surface area contributed by atoms with Crippen molar-refractivity contribution in [3.63, 3.8) is 0 Å². The topological polar surface area (TPSA) is 66.5 Å². The standard InChI is InChI=1S/C21H25ClN2O3S/c22-19-10-8-17(9-11-19)5-4-14-23-21(25)18-12-15-24(16-13-18)28(26,27)20-6-2-1-3-7-20/h1-3,6-11,18H,4-5,12-16H2,(H,23,25). The Morgan fingerprint density at radius 3 is 2.32 bits per heavy atom. The van der Waals surface area contributed by atoms with Crippen molar-refractivity contribution in [1.82, 2.24) is 9.62 Å². The number of piperidine rings is 1. The monoisotopic (exact) mass is 420 g/mol. The van der Waals surface area contributed by atoms with Crippen LogP contribution in [0.25, 0.3) is 0 Å². The fourth-order valence-electron chi connectivity index (χ4n) is 3.40. The van der Waals surface area contributed by atoms with Crippen molar-refractivity contribution in [1.29, 1.82) is 0 Å². The van der Waals surface area contributed by atoms with Crippen molar-refractivity contribution in [2.75, 3.05) is 19.6 Å². The number of sulfonamides is 1. The van der Waals surface area contributed by atoms with Gasteiger partial charge < -0.3 is 5.32 Å². The summed E-state index contributed by atoms with van der Waals surface area (Å²) in [6.45, 7) is 1.37. The Hall–Kier alpha value is -1.89. The Kier molecular flexibility index (Phi) is 7.10. The second-order valence-electron chi connectivity index (χ2n) is 7.01. The second kappa shape index (κ2) is 9.54. The van der Waals surface area contributed by atoms with E-state index in [-0.39, 0.29) is 11.8 Å². The fraction of sp³-hybridized carbons (Fsp3) is 0.381. The summed E-state index contributed by atoms with van der Waals surface area (Å²) in [5, 5.41) is 3.71. The van der Waals surface area contributed by atoms with E-state index < -0.39 is 10.0 Å². The zero-order chi connectivity index (χ0) is 20.0. The van der Waals surface area contributed by atoms with Crippen molar-refractivity contribution in [3.8, 4) is 0 Å². The summed E-state index contributed by atoms with van der Waals surface area (Å²) in [5.74, 6) is -0.106. The van der Waals surface area contributed by atoms with Crippen molar-refractivity contribution >= 4 is 27.5 Å². The molecular formula is C21H25ClN2O3S. The minimum atomic E-state index is -3.47. The van der Waals surface area contributed by atoms with Gasteiger partial charge in [-0.25, -0.2) is 8.42 Å². The van der Waals surface area contributed by atoms with E-state index in [1.54, 1.807) is 30.3 Å². The van der Waals surface area contributed by atoms with Gasteiger partial charge in [0.2, 0.25) is 15.9 Å². The molecule has 3 rings (SSSR count). The van der Waals surface area contributed by atoms with Crippen LogP contribution in [0.5, 0.6) is 0 Å². The van der Waals surface area contributed by atoms with Crippen LogP contribution in [-0.4, -0.2) is 38.3 Å². The summed E-state index contributed by atoms with van der Waals surface area (Å²) in [5.41, 5.74) is 1.19. The molecule has 1 heterocycles. The number of rotatable bonds is 7. The largest absolute Gasteiger partial charge is 0.356 e. The van der Waals surface area contributed by atoms with E-state index in [1.165, 1.54) is 9.87 Å². The van der Waals surface area contributed by atoms with Crippen molar-refractivity contribution in [2.24, 2.45) is 5.92 Å². The van der Waals surface area contributed by atoms with E-state index in [1.807, 2.05) is 24.3 Å². The molecule has 5 nitrogen and oxygen atoms in total. The first kappa shape index (κ1) is 20.8. The Bertz CT molecular complexity index is 878. The Balaban J connectivity index is 1.42. The number of amides is 1. The normalized spacial score (nSPS) is 16.0. The smallest absolute Gasteiger partial charge is 0.243 e. The second-order valence-corrected chi connectivity index (χ2v) is 9.39. The lowest BCUT2D eigenvalue weighted by atomic mass is 9.97. The zero-order valence-corrected chi connectivity index (χ0v) is 17.3. The number of carbonyl (C=O) groups is 1. The molecule has 1 amide bonds. The van der Waals surface area contributed by atoms with Gasteiger partial charge >= 0.3 is 0 Å². The summed E-state index contributed by atoms with van der Waals surface area (Å²) in [4.78, 5) is 12.7. The van der Waals surface area contributed by atoms with Gasteiger partial charge in [0.25, 0.3) is 0 Å². The SMILES string of the molecule is O=C(NCCCc1ccc(Cl)cc1)C1CCN(S(=O)(=O)c2ccccc2)CC1. The summed E-state index contributed by atoms with van der Waals surface area (Å²) in [6.07, 6.45) is 2.84. The van der Waals surface area contributed by atoms with Crippen LogP contribution in [0.1, 0.15) is 24.8 Å². The molecule has 0 unspecified atom stereocenters. The third-order valence-corrected chi connectivity index (χ3v) is 7.23. The van der Waals surface area contributed by atoms with Crippen LogP contribution < -0.4 is 5.32 Å². The van der Waals surface area contributed by atoms with E-state index in [4.69, 9.17) is 11.6 Å². The number of nitrogens with one attached hydrogen (secondary N) is 1.